The first-order valence-corrected chi connectivity index (χ1v) is 25.6. The van der Waals surface area contributed by atoms with Gasteiger partial charge in [0.25, 0.3) is 0 Å². The summed E-state index contributed by atoms with van der Waals surface area (Å²) in [6.07, 6.45) is -5.90. The molecule has 7 aromatic rings. The summed E-state index contributed by atoms with van der Waals surface area (Å²) in [6, 6.07) is 37.3. The first-order valence-electron chi connectivity index (χ1n) is 25.6. The molecule has 2 saturated heterocycles. The lowest BCUT2D eigenvalue weighted by molar-refractivity contribution is -0.169. The van der Waals surface area contributed by atoms with E-state index in [1.807, 2.05) is 64.3 Å². The minimum absolute atomic E-state index is 0.0858. The van der Waals surface area contributed by atoms with Gasteiger partial charge in [-0.2, -0.15) is 36.5 Å². The van der Waals surface area contributed by atoms with Crippen molar-refractivity contribution in [3.8, 4) is 5.75 Å². The SMILES string of the molecule is C[C@@H](CC(=O)c1ccc2c(n1)N(C(=O)Nc1ccn(Cc3ccccc3)n1)[C@H]1CCN2C1)C(F)(F)F.C[C@@H](CC(=O)c1ccc2c(n1)N(C(=O)Oc1ccccc1)[C@H]1CCN2C1)C(F)(F)F.Nc1ccn(Cc2ccccc2)n1. The number of nitrogens with two attached hydrogens (primary N) is 1. The molecule has 4 aromatic heterocycles. The van der Waals surface area contributed by atoms with E-state index in [-0.39, 0.29) is 35.1 Å². The molecule has 0 radical (unpaired) electrons. The maximum Gasteiger partial charge on any atom is 0.421 e. The highest BCUT2D eigenvalue weighted by Gasteiger charge is 2.44. The van der Waals surface area contributed by atoms with Crippen molar-refractivity contribution in [1.82, 2.24) is 29.5 Å². The molecule has 4 atom stereocenters. The standard InChI is InChI=1S/C25H25F3N6O2.C21H20F3N3O3.C10H11N3/c1-16(25(26,27)28)13-21(35)19-7-8-20-23(29-19)34(18-9-11-32(20)15-18)24(36)30-22-10-12-33(31-22)14-17-5-3-2-4-6-17;1-13(21(22,23)24)11-18(28)16-7-8-17-19(25-16)27(14-9-10-26(17)12-14)20(29)30-15-5-3-2-4-6-15;11-10-6-7-13(12-10)8-9-4-2-1-3-5-9/h2-8,10,12,16,18H,9,11,13-15H2,1H3,(H,30,31,36);2-8,13-14H,9-12H2,1H3;1-7H,8H2,(H2,11,12)/t16-,18-;13-,14-;/m00./s1. The summed E-state index contributed by atoms with van der Waals surface area (Å²) >= 11 is 0. The highest BCUT2D eigenvalue weighted by Crippen LogP contribution is 2.41. The summed E-state index contributed by atoms with van der Waals surface area (Å²) in [5, 5.41) is 11.3. The molecule has 0 aliphatic carbocycles. The fourth-order valence-electron chi connectivity index (χ4n) is 9.55. The Balaban J connectivity index is 0.000000158. The Hall–Kier alpha value is -8.76. The molecule has 4 aliphatic rings. The topological polar surface area (TPSA) is 190 Å². The van der Waals surface area contributed by atoms with Crippen LogP contribution in [0.2, 0.25) is 0 Å². The van der Waals surface area contributed by atoms with Gasteiger partial charge in [-0.3, -0.25) is 34.1 Å². The number of amides is 3. The summed E-state index contributed by atoms with van der Waals surface area (Å²) in [6.45, 7) is 5.91. The third-order valence-electron chi connectivity index (χ3n) is 13.9. The Labute approximate surface area is 450 Å². The van der Waals surface area contributed by atoms with Crippen molar-refractivity contribution in [2.24, 2.45) is 11.8 Å². The van der Waals surface area contributed by atoms with Crippen molar-refractivity contribution in [3.05, 3.63) is 162 Å². The molecule has 4 aliphatic heterocycles. The number of pyridine rings is 2. The van der Waals surface area contributed by atoms with Gasteiger partial charge in [0.1, 0.15) is 23.0 Å². The van der Waals surface area contributed by atoms with E-state index < -0.39 is 60.7 Å². The smallest absolute Gasteiger partial charge is 0.410 e. The first-order chi connectivity index (χ1) is 37.8. The molecular formula is C56H56F6N12O5. The number of nitrogens with zero attached hydrogens (tertiary/aromatic N) is 10. The Morgan fingerprint density at radius 2 is 1.06 bits per heavy atom. The number of para-hydroxylation sites is 1. The molecule has 3 N–H and O–H groups in total. The highest BCUT2D eigenvalue weighted by molar-refractivity contribution is 6.05. The number of ether oxygens (including phenoxy) is 1. The monoisotopic (exact) mass is 1090 g/mol. The van der Waals surface area contributed by atoms with Gasteiger partial charge in [-0.1, -0.05) is 92.7 Å². The van der Waals surface area contributed by atoms with E-state index in [0.29, 0.717) is 74.3 Å². The molecule has 3 aromatic carbocycles. The van der Waals surface area contributed by atoms with E-state index in [9.17, 15) is 45.5 Å². The number of urea groups is 1. The molecule has 0 spiro atoms. The number of ketones is 2. The van der Waals surface area contributed by atoms with Crippen LogP contribution in [0.15, 0.2) is 140 Å². The second-order valence-corrected chi connectivity index (χ2v) is 19.7. The van der Waals surface area contributed by atoms with Crippen molar-refractivity contribution < 1.29 is 50.3 Å². The van der Waals surface area contributed by atoms with Gasteiger partial charge in [0.05, 0.1) is 48.4 Å². The summed E-state index contributed by atoms with van der Waals surface area (Å²) in [5.41, 5.74) is 8.95. The lowest BCUT2D eigenvalue weighted by Gasteiger charge is -2.35. The van der Waals surface area contributed by atoms with E-state index in [1.165, 1.54) is 27.5 Å². The second-order valence-electron chi connectivity index (χ2n) is 19.7. The third kappa shape index (κ3) is 13.3. The molecule has 8 heterocycles. The van der Waals surface area contributed by atoms with Crippen molar-refractivity contribution in [2.75, 3.05) is 56.8 Å². The number of nitrogens with one attached hydrogen (secondary N) is 1. The van der Waals surface area contributed by atoms with Gasteiger partial charge in [-0.05, 0) is 66.4 Å². The van der Waals surface area contributed by atoms with Gasteiger partial charge in [0, 0.05) is 57.5 Å². The number of rotatable bonds is 12. The Kier molecular flexibility index (Phi) is 16.3. The molecule has 2 fully saturated rings. The molecule has 4 bridgehead atoms. The van der Waals surface area contributed by atoms with Crippen LogP contribution in [0, 0.1) is 11.8 Å². The van der Waals surface area contributed by atoms with Crippen molar-refractivity contribution in [3.63, 3.8) is 0 Å². The van der Waals surface area contributed by atoms with Gasteiger partial charge >= 0.3 is 24.5 Å². The van der Waals surface area contributed by atoms with Crippen molar-refractivity contribution >= 4 is 58.3 Å². The predicted octanol–water partition coefficient (Wildman–Crippen LogP) is 10.7. The molecule has 17 nitrogen and oxygen atoms in total. The third-order valence-corrected chi connectivity index (χ3v) is 13.9. The first kappa shape index (κ1) is 55.0. The quantitative estimate of drug-likeness (QED) is 0.0871. The van der Waals surface area contributed by atoms with Crippen LogP contribution in [-0.4, -0.2) is 104 Å². The van der Waals surface area contributed by atoms with Crippen LogP contribution in [0.5, 0.6) is 5.75 Å². The number of nitrogen functional groups attached to an aromatic ring is 1. The molecule has 3 amide bonds. The number of halogens is 6. The lowest BCUT2D eigenvalue weighted by Crippen LogP contribution is -2.48. The molecule has 79 heavy (non-hydrogen) atoms. The number of alkyl halides is 6. The zero-order valence-electron chi connectivity index (χ0n) is 43.0. The summed E-state index contributed by atoms with van der Waals surface area (Å²) in [7, 11) is 0. The molecule has 11 rings (SSSR count). The number of Topliss-reactive ketones (excluding diaryl/α,β-unsaturated/α-hetero) is 2. The number of carbonyl (C=O) groups is 4. The number of benzene rings is 3. The van der Waals surface area contributed by atoms with Gasteiger partial charge in [0.2, 0.25) is 0 Å². The zero-order valence-corrected chi connectivity index (χ0v) is 43.0. The van der Waals surface area contributed by atoms with Crippen LogP contribution in [0.25, 0.3) is 0 Å². The number of anilines is 6. The summed E-state index contributed by atoms with van der Waals surface area (Å²) in [4.78, 5) is 67.0. The van der Waals surface area contributed by atoms with Crippen LogP contribution in [-0.2, 0) is 13.1 Å². The number of hydrogen-bond donors (Lipinski definition) is 2. The maximum atomic E-state index is 13.3. The van der Waals surface area contributed by atoms with E-state index in [1.54, 1.807) is 65.5 Å². The number of hydrogen-bond acceptors (Lipinski definition) is 12. The minimum atomic E-state index is -4.47. The van der Waals surface area contributed by atoms with E-state index in [4.69, 9.17) is 10.5 Å². The van der Waals surface area contributed by atoms with E-state index in [0.717, 1.165) is 26.0 Å². The van der Waals surface area contributed by atoms with Crippen LogP contribution in [0.1, 0.15) is 71.6 Å². The van der Waals surface area contributed by atoms with Crippen molar-refractivity contribution in [2.45, 2.75) is 77.1 Å². The van der Waals surface area contributed by atoms with Crippen LogP contribution < -0.4 is 35.4 Å². The maximum absolute atomic E-state index is 13.3. The molecule has 0 saturated carbocycles. The minimum Gasteiger partial charge on any atom is -0.410 e. The summed E-state index contributed by atoms with van der Waals surface area (Å²) in [5.74, 6) is -3.17. The fourth-order valence-corrected chi connectivity index (χ4v) is 9.55. The Bertz CT molecular complexity index is 3270. The van der Waals surface area contributed by atoms with Crippen LogP contribution in [0.4, 0.5) is 70.6 Å². The van der Waals surface area contributed by atoms with E-state index >= 15 is 0 Å². The largest absolute Gasteiger partial charge is 0.421 e. The van der Waals surface area contributed by atoms with Gasteiger partial charge in [-0.15, -0.1) is 0 Å². The van der Waals surface area contributed by atoms with Gasteiger partial charge < -0.3 is 20.3 Å². The fraction of sp³-hybridized carbons (Fsp3) is 0.321. The van der Waals surface area contributed by atoms with Crippen LogP contribution in [0.3, 0.4) is 0 Å². The molecule has 23 heteroatoms. The zero-order chi connectivity index (χ0) is 56.0. The summed E-state index contributed by atoms with van der Waals surface area (Å²) < 4.78 is 86.4. The molecule has 412 valence electrons. The normalized spacial score (nSPS) is 16.8. The molecule has 0 unspecified atom stereocenters. The molecular weight excluding hydrogens is 1030 g/mol. The van der Waals surface area contributed by atoms with Gasteiger partial charge in [-0.25, -0.2) is 19.6 Å². The average molecular weight is 1090 g/mol. The average Bonchev–Trinajstić information content (AvgIpc) is 4.41. The lowest BCUT2D eigenvalue weighted by atomic mass is 10.0. The second kappa shape index (κ2) is 23.5. The van der Waals surface area contributed by atoms with Crippen molar-refractivity contribution in [1.29, 1.82) is 0 Å². The van der Waals surface area contributed by atoms with Gasteiger partial charge in [0.15, 0.2) is 29.0 Å². The Morgan fingerprint density at radius 1 is 0.608 bits per heavy atom. The predicted molar refractivity (Wildman–Crippen MR) is 284 cm³/mol. The number of fused-ring (bicyclic) bond motifs is 8. The number of aromatic nitrogens is 6. The number of carbonyl (C=O) groups excluding carboxylic acids is 4. The van der Waals surface area contributed by atoms with Crippen LogP contribution >= 0.6 is 0 Å². The highest BCUT2D eigenvalue weighted by atomic mass is 19.4. The van der Waals surface area contributed by atoms with E-state index in [2.05, 4.69) is 42.5 Å². The Morgan fingerprint density at radius 3 is 1.54 bits per heavy atom.